The van der Waals surface area contributed by atoms with Gasteiger partial charge in [-0.2, -0.15) is 0 Å². The summed E-state index contributed by atoms with van der Waals surface area (Å²) in [6, 6.07) is 1.39. The molecule has 0 bridgehead atoms. The van der Waals surface area contributed by atoms with E-state index in [2.05, 4.69) is 58.7 Å². The Morgan fingerprint density at radius 2 is 1.32 bits per heavy atom. The van der Waals surface area contributed by atoms with E-state index >= 15 is 0 Å². The molecule has 1 amide bonds. The van der Waals surface area contributed by atoms with Crippen LogP contribution in [-0.4, -0.2) is 44.8 Å². The van der Waals surface area contributed by atoms with E-state index in [-0.39, 0.29) is 23.0 Å². The molecule has 0 aromatic carbocycles. The Balaban J connectivity index is 2.04. The number of piperidine rings is 1. The predicted octanol–water partition coefficient (Wildman–Crippen LogP) is 6.07. The fraction of sp³-hybridized carbons (Fsp3) is 0.960. The number of rotatable bonds is 16. The van der Waals surface area contributed by atoms with E-state index in [1.807, 2.05) is 0 Å². The quantitative estimate of drug-likeness (QED) is 0.219. The zero-order chi connectivity index (χ0) is 23.4. The van der Waals surface area contributed by atoms with Crippen LogP contribution in [0.5, 0.6) is 0 Å². The fourth-order valence-electron chi connectivity index (χ4n) is 5.31. The van der Waals surface area contributed by atoms with Crippen LogP contribution < -0.4 is 10.6 Å². The molecule has 1 rings (SSSR count). The standard InChI is InChI=1S/C25H52N2O3Si/c1-8-29-31(7,30-9-2)19-17-15-13-11-10-12-14-16-18-23(28)26-22-20-24(3,4)27-25(5,6)21-22/h22,27H,8-21H2,1-7H3,(H,26,28). The summed E-state index contributed by atoms with van der Waals surface area (Å²) in [6.45, 7) is 16.7. The molecule has 184 valence electrons. The van der Waals surface area contributed by atoms with Crippen molar-refractivity contribution in [2.24, 2.45) is 0 Å². The first-order valence-corrected chi connectivity index (χ1v) is 15.4. The highest BCUT2D eigenvalue weighted by Crippen LogP contribution is 2.28. The molecule has 6 heteroatoms. The average Bonchev–Trinajstić information content (AvgIpc) is 2.61. The molecule has 0 aromatic heterocycles. The van der Waals surface area contributed by atoms with Gasteiger partial charge in [0.1, 0.15) is 0 Å². The van der Waals surface area contributed by atoms with Crippen molar-refractivity contribution in [3.8, 4) is 0 Å². The topological polar surface area (TPSA) is 59.6 Å². The summed E-state index contributed by atoms with van der Waals surface area (Å²) in [5, 5.41) is 6.97. The molecule has 0 atom stereocenters. The van der Waals surface area contributed by atoms with E-state index in [9.17, 15) is 4.79 Å². The van der Waals surface area contributed by atoms with Gasteiger partial charge in [-0.05, 0) is 73.4 Å². The number of carbonyl (C=O) groups excluding carboxylic acids is 1. The van der Waals surface area contributed by atoms with E-state index in [4.69, 9.17) is 8.85 Å². The Labute approximate surface area is 194 Å². The van der Waals surface area contributed by atoms with Crippen LogP contribution in [0.15, 0.2) is 0 Å². The second-order valence-electron chi connectivity index (χ2n) is 10.9. The number of unbranched alkanes of at least 4 members (excludes halogenated alkanes) is 7. The Morgan fingerprint density at radius 1 is 0.871 bits per heavy atom. The fourth-order valence-corrected chi connectivity index (χ4v) is 7.80. The molecular formula is C25H52N2O3Si. The average molecular weight is 457 g/mol. The summed E-state index contributed by atoms with van der Waals surface area (Å²) in [7, 11) is -1.92. The van der Waals surface area contributed by atoms with Crippen molar-refractivity contribution in [3.63, 3.8) is 0 Å². The van der Waals surface area contributed by atoms with Crippen LogP contribution in [0.2, 0.25) is 12.6 Å². The van der Waals surface area contributed by atoms with Crippen LogP contribution in [0.25, 0.3) is 0 Å². The van der Waals surface area contributed by atoms with Gasteiger partial charge in [0.15, 0.2) is 0 Å². The van der Waals surface area contributed by atoms with Gasteiger partial charge in [-0.1, -0.05) is 44.9 Å². The molecule has 0 unspecified atom stereocenters. The van der Waals surface area contributed by atoms with Gasteiger partial charge in [0.05, 0.1) is 0 Å². The first-order valence-electron chi connectivity index (χ1n) is 12.9. The lowest BCUT2D eigenvalue weighted by Gasteiger charge is -2.46. The van der Waals surface area contributed by atoms with Gasteiger partial charge in [-0.15, -0.1) is 0 Å². The van der Waals surface area contributed by atoms with Crippen molar-refractivity contribution < 1.29 is 13.6 Å². The second-order valence-corrected chi connectivity index (χ2v) is 14.2. The smallest absolute Gasteiger partial charge is 0.334 e. The summed E-state index contributed by atoms with van der Waals surface area (Å²) >= 11 is 0. The monoisotopic (exact) mass is 456 g/mol. The van der Waals surface area contributed by atoms with Crippen LogP contribution in [0.4, 0.5) is 0 Å². The third-order valence-electron chi connectivity index (χ3n) is 6.24. The maximum absolute atomic E-state index is 12.4. The third-order valence-corrected chi connectivity index (χ3v) is 9.30. The molecule has 31 heavy (non-hydrogen) atoms. The summed E-state index contributed by atoms with van der Waals surface area (Å²) < 4.78 is 11.8. The largest absolute Gasteiger partial charge is 0.395 e. The molecule has 1 aliphatic rings. The maximum atomic E-state index is 12.4. The van der Waals surface area contributed by atoms with Crippen LogP contribution in [0.1, 0.15) is 112 Å². The van der Waals surface area contributed by atoms with Crippen LogP contribution in [-0.2, 0) is 13.6 Å². The van der Waals surface area contributed by atoms with E-state index < -0.39 is 8.56 Å². The van der Waals surface area contributed by atoms with Crippen LogP contribution >= 0.6 is 0 Å². The van der Waals surface area contributed by atoms with Gasteiger partial charge in [-0.25, -0.2) is 0 Å². The highest BCUT2D eigenvalue weighted by atomic mass is 28.4. The minimum Gasteiger partial charge on any atom is -0.395 e. The molecule has 0 saturated carbocycles. The Morgan fingerprint density at radius 3 is 1.81 bits per heavy atom. The van der Waals surface area contributed by atoms with Gasteiger partial charge in [0, 0.05) is 36.8 Å². The van der Waals surface area contributed by atoms with Crippen molar-refractivity contribution in [1.82, 2.24) is 10.6 Å². The molecule has 0 aromatic rings. The van der Waals surface area contributed by atoms with E-state index in [1.165, 1.54) is 38.5 Å². The minimum absolute atomic E-state index is 0.0760. The molecule has 5 nitrogen and oxygen atoms in total. The summed E-state index contributed by atoms with van der Waals surface area (Å²) in [5.74, 6) is 0.231. The molecule has 2 N–H and O–H groups in total. The molecule has 1 aliphatic heterocycles. The summed E-state index contributed by atoms with van der Waals surface area (Å²) in [6.07, 6.45) is 12.4. The second kappa shape index (κ2) is 14.0. The highest BCUT2D eigenvalue weighted by Gasteiger charge is 2.38. The number of nitrogens with one attached hydrogen (secondary N) is 2. The van der Waals surface area contributed by atoms with Crippen molar-refractivity contribution in [2.45, 2.75) is 142 Å². The van der Waals surface area contributed by atoms with E-state index in [0.717, 1.165) is 44.9 Å². The Bertz CT molecular complexity index is 489. The summed E-state index contributed by atoms with van der Waals surface area (Å²) in [4.78, 5) is 12.4. The Hall–Kier alpha value is -0.433. The van der Waals surface area contributed by atoms with Gasteiger partial charge in [-0.3, -0.25) is 4.79 Å². The SMILES string of the molecule is CCO[Si](C)(CCCCCCCCCCC(=O)NC1CC(C)(C)NC(C)(C)C1)OCC. The molecule has 1 heterocycles. The maximum Gasteiger partial charge on any atom is 0.334 e. The molecule has 0 radical (unpaired) electrons. The van der Waals surface area contributed by atoms with Crippen molar-refractivity contribution in [3.05, 3.63) is 0 Å². The first kappa shape index (κ1) is 28.6. The van der Waals surface area contributed by atoms with E-state index in [0.29, 0.717) is 6.42 Å². The van der Waals surface area contributed by atoms with Crippen molar-refractivity contribution >= 4 is 14.5 Å². The number of amides is 1. The number of hydrogen-bond acceptors (Lipinski definition) is 4. The zero-order valence-corrected chi connectivity index (χ0v) is 22.7. The molecule has 1 saturated heterocycles. The molecule has 1 fully saturated rings. The van der Waals surface area contributed by atoms with Crippen molar-refractivity contribution in [1.29, 1.82) is 0 Å². The molecule has 0 spiro atoms. The zero-order valence-electron chi connectivity index (χ0n) is 21.7. The third kappa shape index (κ3) is 13.0. The minimum atomic E-state index is -1.92. The van der Waals surface area contributed by atoms with Crippen LogP contribution in [0.3, 0.4) is 0 Å². The first-order chi connectivity index (χ1) is 14.5. The van der Waals surface area contributed by atoms with Gasteiger partial charge >= 0.3 is 8.56 Å². The molecule has 0 aliphatic carbocycles. The van der Waals surface area contributed by atoms with Crippen LogP contribution in [0, 0.1) is 0 Å². The lowest BCUT2D eigenvalue weighted by Crippen LogP contribution is -2.62. The number of hydrogen-bond donors (Lipinski definition) is 2. The lowest BCUT2D eigenvalue weighted by molar-refractivity contribution is -0.122. The summed E-state index contributed by atoms with van der Waals surface area (Å²) in [5.41, 5.74) is 0.152. The van der Waals surface area contributed by atoms with Gasteiger partial charge in [0.25, 0.3) is 0 Å². The number of carbonyl (C=O) groups is 1. The normalized spacial score (nSPS) is 18.8. The van der Waals surface area contributed by atoms with Gasteiger partial charge in [0.2, 0.25) is 5.91 Å². The highest BCUT2D eigenvalue weighted by molar-refractivity contribution is 6.66. The van der Waals surface area contributed by atoms with E-state index in [1.54, 1.807) is 0 Å². The van der Waals surface area contributed by atoms with Gasteiger partial charge < -0.3 is 19.5 Å². The van der Waals surface area contributed by atoms with Crippen molar-refractivity contribution in [2.75, 3.05) is 13.2 Å². The Kier molecular flexibility index (Phi) is 12.9. The predicted molar refractivity (Wildman–Crippen MR) is 134 cm³/mol. The molecular weight excluding hydrogens is 404 g/mol. The lowest BCUT2D eigenvalue weighted by atomic mass is 9.79.